The Bertz CT molecular complexity index is 27.2. The van der Waals surface area contributed by atoms with Crippen LogP contribution in [0, 0.1) is 5.75 Å². The molecule has 0 atom stereocenters. The second-order valence-corrected chi connectivity index (χ2v) is 2.32. The smallest absolute Gasteiger partial charge is 0.349 e. The molecule has 3 heteroatoms. The molecule has 1 nitrogen and oxygen atoms in total. The van der Waals surface area contributed by atoms with Gasteiger partial charge in [-0.05, 0) is 12.3 Å². The average Bonchev–Trinajstić information content (AvgIpc) is 1.72. The minimum absolute atomic E-state index is 0. The summed E-state index contributed by atoms with van der Waals surface area (Å²) in [6, 6.07) is 0. The molecule has 1 heterocycles. The molecule has 0 amide bonds. The SMILES string of the molecule is [CH-]1CNCCS1.[Li+]. The Labute approximate surface area is 60.8 Å². The minimum Gasteiger partial charge on any atom is -0.349 e. The van der Waals surface area contributed by atoms with Gasteiger partial charge in [0.2, 0.25) is 0 Å². The van der Waals surface area contributed by atoms with Crippen LogP contribution in [0.1, 0.15) is 0 Å². The number of hydrogen-bond donors (Lipinski definition) is 1. The number of rotatable bonds is 0. The van der Waals surface area contributed by atoms with E-state index in [-0.39, 0.29) is 18.9 Å². The van der Waals surface area contributed by atoms with Crippen LogP contribution < -0.4 is 24.2 Å². The summed E-state index contributed by atoms with van der Waals surface area (Å²) in [5.41, 5.74) is 0. The van der Waals surface area contributed by atoms with Gasteiger partial charge in [0.25, 0.3) is 0 Å². The monoisotopic (exact) mass is 109 g/mol. The van der Waals surface area contributed by atoms with Gasteiger partial charge in [0, 0.05) is 0 Å². The first-order valence-electron chi connectivity index (χ1n) is 2.14. The Hall–Kier alpha value is 0.907. The summed E-state index contributed by atoms with van der Waals surface area (Å²) in [6.45, 7) is 2.27. The van der Waals surface area contributed by atoms with Gasteiger partial charge in [-0.3, -0.25) is 5.75 Å². The maximum atomic E-state index is 3.21. The van der Waals surface area contributed by atoms with E-state index in [9.17, 15) is 0 Å². The minimum atomic E-state index is 0. The van der Waals surface area contributed by atoms with Crippen molar-refractivity contribution >= 4 is 11.8 Å². The molecule has 0 radical (unpaired) electrons. The van der Waals surface area contributed by atoms with Crippen molar-refractivity contribution in [3.05, 3.63) is 5.75 Å². The Morgan fingerprint density at radius 1 is 1.57 bits per heavy atom. The number of thioether (sulfide) groups is 1. The fourth-order valence-corrected chi connectivity index (χ4v) is 1.10. The van der Waals surface area contributed by atoms with Crippen LogP contribution in [0.5, 0.6) is 0 Å². The standard InChI is InChI=1S/C4H8NS.Li/c1-3-6-4-2-5-1;/h3,5H,1-2,4H2;/q-1;+1. The maximum Gasteiger partial charge on any atom is 1.00 e. The molecule has 7 heavy (non-hydrogen) atoms. The summed E-state index contributed by atoms with van der Waals surface area (Å²) in [5, 5.41) is 3.21. The molecule has 1 N–H and O–H groups in total. The molecule has 1 aliphatic rings. The largest absolute Gasteiger partial charge is 1.00 e. The molecular formula is C4H8LiNS. The summed E-state index contributed by atoms with van der Waals surface area (Å²) in [4.78, 5) is 0. The topological polar surface area (TPSA) is 12.0 Å². The molecular weight excluding hydrogens is 101 g/mol. The van der Waals surface area contributed by atoms with Crippen molar-refractivity contribution in [1.82, 2.24) is 5.32 Å². The second kappa shape index (κ2) is 5.05. The van der Waals surface area contributed by atoms with Crippen LogP contribution >= 0.6 is 11.8 Å². The van der Waals surface area contributed by atoms with Crippen LogP contribution in [0.2, 0.25) is 0 Å². The van der Waals surface area contributed by atoms with Crippen LogP contribution in [-0.4, -0.2) is 18.8 Å². The van der Waals surface area contributed by atoms with Crippen molar-refractivity contribution in [1.29, 1.82) is 0 Å². The fourth-order valence-electron chi connectivity index (χ4n) is 0.434. The molecule has 1 rings (SSSR count). The van der Waals surface area contributed by atoms with Crippen LogP contribution in [0.15, 0.2) is 0 Å². The zero-order valence-electron chi connectivity index (χ0n) is 4.61. The molecule has 36 valence electrons. The van der Waals surface area contributed by atoms with E-state index in [2.05, 4.69) is 11.1 Å². The molecule has 0 aromatic carbocycles. The Kier molecular flexibility index (Phi) is 5.71. The molecule has 0 saturated carbocycles. The predicted octanol–water partition coefficient (Wildman–Crippen LogP) is -2.51. The summed E-state index contributed by atoms with van der Waals surface area (Å²) >= 11 is 1.91. The van der Waals surface area contributed by atoms with E-state index < -0.39 is 0 Å². The molecule has 0 aliphatic carbocycles. The molecule has 1 saturated heterocycles. The fraction of sp³-hybridized carbons (Fsp3) is 0.750. The summed E-state index contributed by atoms with van der Waals surface area (Å²) in [5.74, 6) is 3.45. The summed E-state index contributed by atoms with van der Waals surface area (Å²) < 4.78 is 0. The number of hydrogen-bond acceptors (Lipinski definition) is 2. The van der Waals surface area contributed by atoms with Crippen molar-refractivity contribution in [2.45, 2.75) is 0 Å². The van der Waals surface area contributed by atoms with E-state index in [0.29, 0.717) is 0 Å². The average molecular weight is 109 g/mol. The van der Waals surface area contributed by atoms with Gasteiger partial charge in [-0.15, -0.1) is 6.54 Å². The quantitative estimate of drug-likeness (QED) is 0.272. The first-order chi connectivity index (χ1) is 3.00. The maximum absolute atomic E-state index is 3.21. The van der Waals surface area contributed by atoms with Gasteiger partial charge in [-0.1, -0.05) is 0 Å². The Morgan fingerprint density at radius 3 is 2.57 bits per heavy atom. The molecule has 1 fully saturated rings. The summed E-state index contributed by atoms with van der Waals surface area (Å²) in [6.07, 6.45) is 0. The summed E-state index contributed by atoms with van der Waals surface area (Å²) in [7, 11) is 0. The molecule has 1 aliphatic heterocycles. The van der Waals surface area contributed by atoms with E-state index in [1.54, 1.807) is 0 Å². The van der Waals surface area contributed by atoms with Crippen LogP contribution in [-0.2, 0) is 0 Å². The zero-order valence-corrected chi connectivity index (χ0v) is 5.42. The van der Waals surface area contributed by atoms with Gasteiger partial charge in [-0.25, -0.2) is 0 Å². The molecule has 0 aromatic rings. The van der Waals surface area contributed by atoms with E-state index in [4.69, 9.17) is 0 Å². The van der Waals surface area contributed by atoms with E-state index in [1.807, 2.05) is 11.8 Å². The molecule has 0 unspecified atom stereocenters. The van der Waals surface area contributed by atoms with Crippen LogP contribution in [0.25, 0.3) is 0 Å². The number of nitrogens with one attached hydrogen (secondary N) is 1. The molecule has 0 bridgehead atoms. The van der Waals surface area contributed by atoms with Crippen molar-refractivity contribution in [2.75, 3.05) is 18.8 Å². The van der Waals surface area contributed by atoms with Gasteiger partial charge >= 0.3 is 18.9 Å². The third kappa shape index (κ3) is 3.49. The van der Waals surface area contributed by atoms with E-state index >= 15 is 0 Å². The van der Waals surface area contributed by atoms with Crippen molar-refractivity contribution in [3.8, 4) is 0 Å². The third-order valence-corrected chi connectivity index (χ3v) is 1.58. The van der Waals surface area contributed by atoms with E-state index in [1.165, 1.54) is 12.3 Å². The zero-order chi connectivity index (χ0) is 4.24. The Morgan fingerprint density at radius 2 is 2.43 bits per heavy atom. The first kappa shape index (κ1) is 7.91. The first-order valence-corrected chi connectivity index (χ1v) is 3.19. The van der Waals surface area contributed by atoms with Gasteiger partial charge in [-0.2, -0.15) is 0 Å². The van der Waals surface area contributed by atoms with Gasteiger partial charge in [0.15, 0.2) is 0 Å². The van der Waals surface area contributed by atoms with Crippen LogP contribution in [0.3, 0.4) is 0 Å². The van der Waals surface area contributed by atoms with Crippen molar-refractivity contribution in [3.63, 3.8) is 0 Å². The predicted molar refractivity (Wildman–Crippen MR) is 29.6 cm³/mol. The second-order valence-electron chi connectivity index (χ2n) is 1.24. The van der Waals surface area contributed by atoms with Gasteiger partial charge < -0.3 is 17.1 Å². The van der Waals surface area contributed by atoms with Gasteiger partial charge in [0.05, 0.1) is 0 Å². The van der Waals surface area contributed by atoms with Gasteiger partial charge in [0.1, 0.15) is 0 Å². The molecule has 0 aromatic heterocycles. The van der Waals surface area contributed by atoms with Crippen LogP contribution in [0.4, 0.5) is 0 Å². The Balaban J connectivity index is 0.000000360. The normalized spacial score (nSPS) is 20.6. The van der Waals surface area contributed by atoms with Crippen molar-refractivity contribution in [2.24, 2.45) is 0 Å². The third-order valence-electron chi connectivity index (χ3n) is 0.742. The van der Waals surface area contributed by atoms with E-state index in [0.717, 1.165) is 6.54 Å². The molecule has 0 spiro atoms. The van der Waals surface area contributed by atoms with Crippen molar-refractivity contribution < 1.29 is 18.9 Å².